The monoisotopic (exact) mass is 1060 g/mol. The van der Waals surface area contributed by atoms with Crippen molar-refractivity contribution in [2.75, 3.05) is 19.8 Å². The average molecular weight is 1060 g/mol. The summed E-state index contributed by atoms with van der Waals surface area (Å²) in [6.45, 7) is 14.1. The van der Waals surface area contributed by atoms with E-state index in [4.69, 9.17) is 37.9 Å². The second-order valence-electron chi connectivity index (χ2n) is 25.4. The van der Waals surface area contributed by atoms with Gasteiger partial charge >= 0.3 is 11.9 Å². The van der Waals surface area contributed by atoms with Gasteiger partial charge in [-0.15, -0.1) is 0 Å². The Kier molecular flexibility index (Phi) is 15.5. The summed E-state index contributed by atoms with van der Waals surface area (Å²) < 4.78 is 48.0. The summed E-state index contributed by atoms with van der Waals surface area (Å²) in [5.74, 6) is -2.11. The van der Waals surface area contributed by atoms with Gasteiger partial charge in [-0.1, -0.05) is 60.1 Å². The quantitative estimate of drug-likeness (QED) is 0.0734. The number of rotatable bonds is 10. The van der Waals surface area contributed by atoms with Crippen molar-refractivity contribution in [2.45, 2.75) is 229 Å². The molecule has 74 heavy (non-hydrogen) atoms. The molecule has 0 aromatic heterocycles. The number of aliphatic carboxylic acids is 1. The fraction of sp³-hybridized carbons (Fsp3) is 0.923. The summed E-state index contributed by atoms with van der Waals surface area (Å²) in [5.41, 5.74) is -1.30. The van der Waals surface area contributed by atoms with Crippen LogP contribution in [0.1, 0.15) is 113 Å². The predicted molar refractivity (Wildman–Crippen MR) is 251 cm³/mol. The minimum atomic E-state index is -2.03. The first-order chi connectivity index (χ1) is 34.6. The van der Waals surface area contributed by atoms with Crippen LogP contribution in [0.5, 0.6) is 0 Å². The van der Waals surface area contributed by atoms with Gasteiger partial charge in [-0.2, -0.15) is 0 Å². The molecule has 12 N–H and O–H groups in total. The lowest BCUT2D eigenvalue weighted by molar-refractivity contribution is -0.386. The SMILES string of the molecule is CC1(C)CC[C@]2(C(=O)O[C@@H]3O[C@H](CO)[C@@H](O)[C@H](O)[C@H]3O)CC[C@]3(C)C(=CC[C@@H]4[C@@]5(C)CC[C@H](O[C@@H]6O[C@H](C(=O)O)[C@@H](O)[C@H](O[C@@H]7OC[C@H](O)[C@H](O)[C@H]7O)[C@H]6O[C@@H]6OC[C@@H](O)[C@H](O)[C@H]6O)C(C)(C)[C@@H]5CC[C@]43C)[C@@H]2C1. The zero-order chi connectivity index (χ0) is 54.0. The Morgan fingerprint density at radius 2 is 1.22 bits per heavy atom. The Bertz CT molecular complexity index is 2090. The summed E-state index contributed by atoms with van der Waals surface area (Å²) in [6, 6.07) is 0. The fourth-order valence-corrected chi connectivity index (χ4v) is 15.9. The maximum absolute atomic E-state index is 14.8. The molecule has 0 amide bonds. The van der Waals surface area contributed by atoms with Gasteiger partial charge in [-0.25, -0.2) is 4.79 Å². The number of ether oxygens (including phenoxy) is 8. The smallest absolute Gasteiger partial charge is 0.335 e. The topological polar surface area (TPSA) is 351 Å². The zero-order valence-corrected chi connectivity index (χ0v) is 43.4. The molecular weight excluding hydrogens is 977 g/mol. The Balaban J connectivity index is 0.991. The van der Waals surface area contributed by atoms with E-state index < -0.39 is 159 Å². The number of aliphatic hydroxyl groups is 11. The van der Waals surface area contributed by atoms with Crippen molar-refractivity contribution in [3.63, 3.8) is 0 Å². The predicted octanol–water partition coefficient (Wildman–Crippen LogP) is -0.665. The van der Waals surface area contributed by atoms with Crippen molar-refractivity contribution >= 4 is 11.9 Å². The minimum absolute atomic E-state index is 0.0323. The van der Waals surface area contributed by atoms with Crippen molar-refractivity contribution in [2.24, 2.45) is 50.2 Å². The van der Waals surface area contributed by atoms with Crippen LogP contribution in [0, 0.1) is 50.2 Å². The Hall–Kier alpha value is -2.04. The number of hydrogen-bond donors (Lipinski definition) is 12. The molecular formula is C52H82O22. The molecule has 4 saturated heterocycles. The molecule has 9 rings (SSSR count). The van der Waals surface area contributed by atoms with Crippen LogP contribution in [0.15, 0.2) is 11.6 Å². The molecule has 4 aliphatic heterocycles. The molecule has 0 unspecified atom stereocenters. The van der Waals surface area contributed by atoms with E-state index in [-0.39, 0.29) is 39.4 Å². The van der Waals surface area contributed by atoms with Crippen LogP contribution in [-0.2, 0) is 47.5 Å². The standard InChI is InChI=1S/C52H82O22/c1-47(2)14-16-52(46(66)74-44-36(62)33(59)32(58)26(19-53)69-44)17-15-50(6)22(23(52)18-47)8-9-28-49(5)12-11-29(48(3,4)27(49)10-13-51(28,50)7)70-45-40(73-43-35(61)31(57)25(55)21-68-43)38(37(63)39(72-45)41(64)65)71-42-34(60)30(56)24(54)20-67-42/h8,23-40,42-45,53-63H,9-21H2,1-7H3,(H,64,65)/t23-,24-,25+,26+,27-,28+,29-,30-,31-,32+,33-,34+,35+,36+,37-,38-,39-,40+,42-,43-,44-,45+,49-,50+,51+,52-/m0/s1. The summed E-state index contributed by atoms with van der Waals surface area (Å²) in [5, 5.41) is 127. The first-order valence-electron chi connectivity index (χ1n) is 26.6. The molecule has 0 bridgehead atoms. The van der Waals surface area contributed by atoms with Crippen LogP contribution in [0.2, 0.25) is 0 Å². The van der Waals surface area contributed by atoms with Crippen molar-refractivity contribution in [1.82, 2.24) is 0 Å². The molecule has 4 saturated carbocycles. The molecule has 8 fully saturated rings. The van der Waals surface area contributed by atoms with Crippen LogP contribution in [0.3, 0.4) is 0 Å². The highest BCUT2D eigenvalue weighted by Crippen LogP contribution is 2.76. The first-order valence-corrected chi connectivity index (χ1v) is 26.6. The fourth-order valence-electron chi connectivity index (χ4n) is 15.9. The lowest BCUT2D eigenvalue weighted by atomic mass is 9.33. The van der Waals surface area contributed by atoms with Crippen molar-refractivity contribution < 1.29 is 109 Å². The maximum Gasteiger partial charge on any atom is 0.335 e. The third-order valence-electron chi connectivity index (χ3n) is 20.6. The van der Waals surface area contributed by atoms with E-state index in [9.17, 15) is 70.9 Å². The average Bonchev–Trinajstić information content (AvgIpc) is 3.34. The van der Waals surface area contributed by atoms with Gasteiger partial charge in [0.05, 0.1) is 31.3 Å². The van der Waals surface area contributed by atoms with E-state index in [1.807, 2.05) is 0 Å². The number of carbonyl (C=O) groups excluding carboxylic acids is 1. The normalized spacial score (nSPS) is 53.0. The van der Waals surface area contributed by atoms with Gasteiger partial charge in [0, 0.05) is 0 Å². The molecule has 0 aromatic rings. The van der Waals surface area contributed by atoms with Crippen molar-refractivity contribution in [3.8, 4) is 0 Å². The largest absolute Gasteiger partial charge is 0.479 e. The van der Waals surface area contributed by atoms with Crippen LogP contribution in [0.25, 0.3) is 0 Å². The van der Waals surface area contributed by atoms with Crippen LogP contribution in [-0.4, -0.2) is 210 Å². The van der Waals surface area contributed by atoms with Crippen LogP contribution >= 0.6 is 0 Å². The molecule has 5 aliphatic carbocycles. The molecule has 9 aliphatic rings. The molecule has 422 valence electrons. The van der Waals surface area contributed by atoms with Gasteiger partial charge in [0.15, 0.2) is 25.0 Å². The minimum Gasteiger partial charge on any atom is -0.479 e. The number of esters is 1. The highest BCUT2D eigenvalue weighted by Gasteiger charge is 2.70. The van der Waals surface area contributed by atoms with E-state index in [0.29, 0.717) is 32.1 Å². The Labute approximate surface area is 430 Å². The molecule has 0 spiro atoms. The van der Waals surface area contributed by atoms with Gasteiger partial charge in [0.2, 0.25) is 6.29 Å². The van der Waals surface area contributed by atoms with E-state index >= 15 is 0 Å². The summed E-state index contributed by atoms with van der Waals surface area (Å²) >= 11 is 0. The van der Waals surface area contributed by atoms with E-state index in [0.717, 1.165) is 32.1 Å². The van der Waals surface area contributed by atoms with Gasteiger partial charge in [-0.05, 0) is 109 Å². The molecule has 22 nitrogen and oxygen atoms in total. The summed E-state index contributed by atoms with van der Waals surface area (Å²) in [7, 11) is 0. The van der Waals surface area contributed by atoms with E-state index in [1.54, 1.807) is 0 Å². The van der Waals surface area contributed by atoms with Crippen LogP contribution in [0.4, 0.5) is 0 Å². The number of carbonyl (C=O) groups is 2. The van der Waals surface area contributed by atoms with Crippen LogP contribution < -0.4 is 0 Å². The number of fused-ring (bicyclic) bond motifs is 7. The lowest BCUT2D eigenvalue weighted by Gasteiger charge is -2.71. The Morgan fingerprint density at radius 1 is 0.622 bits per heavy atom. The Morgan fingerprint density at radius 3 is 1.82 bits per heavy atom. The molecule has 26 atom stereocenters. The molecule has 22 heteroatoms. The highest BCUT2D eigenvalue weighted by molar-refractivity contribution is 5.79. The molecule has 0 radical (unpaired) electrons. The lowest BCUT2D eigenvalue weighted by Crippen LogP contribution is -2.68. The first kappa shape index (κ1) is 56.7. The maximum atomic E-state index is 14.8. The number of carboxylic acid groups (broad SMARTS) is 1. The van der Waals surface area contributed by atoms with Gasteiger partial charge in [0.25, 0.3) is 0 Å². The molecule has 4 heterocycles. The van der Waals surface area contributed by atoms with E-state index in [2.05, 4.69) is 54.5 Å². The number of aliphatic hydroxyl groups excluding tert-OH is 11. The summed E-state index contributed by atoms with van der Waals surface area (Å²) in [6.07, 6.45) is -22.0. The second-order valence-corrected chi connectivity index (χ2v) is 25.4. The zero-order valence-electron chi connectivity index (χ0n) is 43.4. The van der Waals surface area contributed by atoms with Crippen molar-refractivity contribution in [1.29, 1.82) is 0 Å². The van der Waals surface area contributed by atoms with Gasteiger partial charge in [-0.3, -0.25) is 4.79 Å². The summed E-state index contributed by atoms with van der Waals surface area (Å²) in [4.78, 5) is 27.6. The number of allylic oxidation sites excluding steroid dienone is 2. The van der Waals surface area contributed by atoms with Gasteiger partial charge < -0.3 is 99.2 Å². The molecule has 0 aromatic carbocycles. The number of hydrogen-bond acceptors (Lipinski definition) is 21. The second kappa shape index (κ2) is 20.3. The highest BCUT2D eigenvalue weighted by atomic mass is 16.8. The third kappa shape index (κ3) is 9.12. The third-order valence-corrected chi connectivity index (χ3v) is 20.6. The van der Waals surface area contributed by atoms with E-state index in [1.165, 1.54) is 5.57 Å². The van der Waals surface area contributed by atoms with Gasteiger partial charge in [0.1, 0.15) is 79.4 Å². The van der Waals surface area contributed by atoms with Crippen molar-refractivity contribution in [3.05, 3.63) is 11.6 Å². The number of carboxylic acids is 1.